The van der Waals surface area contributed by atoms with Gasteiger partial charge in [0.2, 0.25) is 5.95 Å². The normalized spacial score (nSPS) is 11.3. The van der Waals surface area contributed by atoms with E-state index in [2.05, 4.69) is 10.3 Å². The number of hydrogen-bond acceptors (Lipinski definition) is 9. The van der Waals surface area contributed by atoms with Crippen molar-refractivity contribution in [1.82, 2.24) is 19.4 Å². The Bertz CT molecular complexity index is 1560. The molecule has 0 bridgehead atoms. The lowest BCUT2D eigenvalue weighted by Gasteiger charge is -2.22. The van der Waals surface area contributed by atoms with Crippen molar-refractivity contribution in [2.75, 3.05) is 44.4 Å². The highest BCUT2D eigenvalue weighted by Gasteiger charge is 2.22. The number of benzene rings is 2. The minimum absolute atomic E-state index is 0.000349. The molecule has 0 radical (unpaired) electrons. The molecule has 0 aliphatic carbocycles. The average molecular weight is 546 g/mol. The van der Waals surface area contributed by atoms with E-state index in [1.54, 1.807) is 18.3 Å². The van der Waals surface area contributed by atoms with Crippen LogP contribution in [0.4, 0.5) is 23.0 Å². The Morgan fingerprint density at radius 1 is 1.18 bits per heavy atom. The van der Waals surface area contributed by atoms with Gasteiger partial charge in [0.1, 0.15) is 5.69 Å². The van der Waals surface area contributed by atoms with E-state index in [0.717, 1.165) is 28.6 Å². The van der Waals surface area contributed by atoms with Gasteiger partial charge >= 0.3 is 5.97 Å². The van der Waals surface area contributed by atoms with Crippen LogP contribution in [0.25, 0.3) is 22.2 Å². The fourth-order valence-electron chi connectivity index (χ4n) is 4.54. The van der Waals surface area contributed by atoms with Gasteiger partial charge in [-0.15, -0.1) is 0 Å². The van der Waals surface area contributed by atoms with Crippen molar-refractivity contribution in [2.45, 2.75) is 26.9 Å². The number of para-hydroxylation sites is 1. The van der Waals surface area contributed by atoms with Gasteiger partial charge in [0, 0.05) is 56.6 Å². The number of likely N-dealkylation sites (N-methyl/N-ethyl adjacent to an activating group) is 2. The molecule has 0 unspecified atom stereocenters. The van der Waals surface area contributed by atoms with Crippen LogP contribution in [0.5, 0.6) is 0 Å². The summed E-state index contributed by atoms with van der Waals surface area (Å²) in [7, 11) is 7.65. The third kappa shape index (κ3) is 6.04. The third-order valence-corrected chi connectivity index (χ3v) is 6.55. The number of rotatable bonds is 10. The molecule has 0 aliphatic rings. The number of fused-ring (bicyclic) bond motifs is 1. The highest BCUT2D eigenvalue weighted by molar-refractivity contribution is 6.07. The molecule has 0 saturated heterocycles. The molecule has 11 nitrogen and oxygen atoms in total. The molecule has 0 atom stereocenters. The van der Waals surface area contributed by atoms with E-state index in [4.69, 9.17) is 9.72 Å². The lowest BCUT2D eigenvalue weighted by Crippen LogP contribution is -2.29. The number of ether oxygens (including phenoxy) is 1. The summed E-state index contributed by atoms with van der Waals surface area (Å²) < 4.78 is 7.33. The predicted molar refractivity (Wildman–Crippen MR) is 157 cm³/mol. The second-order valence-electron chi connectivity index (χ2n) is 10.3. The highest BCUT2D eigenvalue weighted by Crippen LogP contribution is 2.35. The second-order valence-corrected chi connectivity index (χ2v) is 10.3. The molecule has 11 heteroatoms. The lowest BCUT2D eigenvalue weighted by molar-refractivity contribution is -0.384. The van der Waals surface area contributed by atoms with Crippen LogP contribution in [-0.2, 0) is 11.8 Å². The molecule has 2 heterocycles. The van der Waals surface area contributed by atoms with Gasteiger partial charge in [-0.2, -0.15) is 0 Å². The Morgan fingerprint density at radius 2 is 1.93 bits per heavy atom. The van der Waals surface area contributed by atoms with Crippen molar-refractivity contribution in [2.24, 2.45) is 7.05 Å². The first-order valence-corrected chi connectivity index (χ1v) is 13.0. The van der Waals surface area contributed by atoms with Crippen LogP contribution in [0, 0.1) is 17.0 Å². The van der Waals surface area contributed by atoms with E-state index in [1.165, 1.54) is 6.07 Å². The van der Waals surface area contributed by atoms with Crippen molar-refractivity contribution < 1.29 is 14.5 Å². The molecule has 4 aromatic rings. The number of nitro groups is 1. The van der Waals surface area contributed by atoms with Gasteiger partial charge in [-0.05, 0) is 58.6 Å². The summed E-state index contributed by atoms with van der Waals surface area (Å²) in [5, 5.41) is 16.0. The summed E-state index contributed by atoms with van der Waals surface area (Å²) in [6.07, 6.45) is 3.31. The summed E-state index contributed by atoms with van der Waals surface area (Å²) in [6, 6.07) is 10.6. The molecule has 0 amide bonds. The highest BCUT2D eigenvalue weighted by atomic mass is 16.6. The van der Waals surface area contributed by atoms with Crippen LogP contribution in [0.15, 0.2) is 48.8 Å². The number of nitrogens with zero attached hydrogens (tertiary/aromatic N) is 6. The van der Waals surface area contributed by atoms with Crippen LogP contribution in [0.2, 0.25) is 0 Å². The Morgan fingerprint density at radius 3 is 2.60 bits per heavy atom. The number of nitrogens with one attached hydrogen (secondary N) is 1. The van der Waals surface area contributed by atoms with Crippen molar-refractivity contribution in [3.05, 3.63) is 70.0 Å². The fourth-order valence-corrected chi connectivity index (χ4v) is 4.54. The minimum atomic E-state index is -0.383. The number of hydrogen-bond donors (Lipinski definition) is 1. The van der Waals surface area contributed by atoms with Crippen LogP contribution >= 0.6 is 0 Å². The van der Waals surface area contributed by atoms with Gasteiger partial charge in [0.15, 0.2) is 0 Å². The Balaban J connectivity index is 1.68. The third-order valence-electron chi connectivity index (χ3n) is 6.55. The number of esters is 1. The minimum Gasteiger partial charge on any atom is -0.459 e. The molecular formula is C29H35N7O4. The first-order chi connectivity index (χ1) is 19.0. The predicted octanol–water partition coefficient (Wildman–Crippen LogP) is 5.16. The first-order valence-electron chi connectivity index (χ1n) is 13.0. The summed E-state index contributed by atoms with van der Waals surface area (Å²) in [5.74, 6) is -0.0812. The molecule has 0 aliphatic heterocycles. The number of carbonyl (C=O) groups is 1. The molecule has 40 heavy (non-hydrogen) atoms. The second kappa shape index (κ2) is 11.7. The molecular weight excluding hydrogens is 510 g/mol. The lowest BCUT2D eigenvalue weighted by atomic mass is 10.1. The fraction of sp³-hybridized carbons (Fsp3) is 0.345. The van der Waals surface area contributed by atoms with E-state index in [9.17, 15) is 14.9 Å². The Hall–Kier alpha value is -4.51. The Labute approximate surface area is 233 Å². The monoisotopic (exact) mass is 545 g/mol. The SMILES string of the molecule is Cc1cc(N(C)CCN(C)C)c([N+](=O)[O-])cc1Nc1nccc(-c2cn(C)c3c(C(=O)OC(C)C)cccc23)n1. The van der Waals surface area contributed by atoms with Gasteiger partial charge in [0.05, 0.1) is 33.5 Å². The quantitative estimate of drug-likeness (QED) is 0.164. The molecule has 1 N–H and O–H groups in total. The van der Waals surface area contributed by atoms with Crippen molar-refractivity contribution in [1.29, 1.82) is 0 Å². The van der Waals surface area contributed by atoms with Gasteiger partial charge in [0.25, 0.3) is 5.69 Å². The number of aryl methyl sites for hydroxylation is 2. The molecule has 0 saturated carbocycles. The topological polar surface area (TPSA) is 119 Å². The summed E-state index contributed by atoms with van der Waals surface area (Å²) in [4.78, 5) is 37.3. The molecule has 210 valence electrons. The maximum Gasteiger partial charge on any atom is 0.340 e. The smallest absolute Gasteiger partial charge is 0.340 e. The van der Waals surface area contributed by atoms with Gasteiger partial charge in [-0.3, -0.25) is 10.1 Å². The summed E-state index contributed by atoms with van der Waals surface area (Å²) in [6.45, 7) is 6.94. The number of carbonyl (C=O) groups excluding carboxylic acids is 1. The zero-order chi connectivity index (χ0) is 29.1. The van der Waals surface area contributed by atoms with Gasteiger partial charge < -0.3 is 24.4 Å². The maximum absolute atomic E-state index is 12.7. The molecule has 0 fully saturated rings. The number of aromatic nitrogens is 3. The standard InChI is InChI=1S/C29H35N7O4/c1-18(2)40-28(37)21-10-8-9-20-22(17-35(7)27(20)21)23-11-12-30-29(31-23)32-24-16-26(36(38)39)25(15-19(24)3)34(6)14-13-33(4)5/h8-12,15-18H,13-14H2,1-7H3,(H,30,31,32). The van der Waals surface area contributed by atoms with E-state index < -0.39 is 0 Å². The maximum atomic E-state index is 12.7. The van der Waals surface area contributed by atoms with Crippen molar-refractivity contribution >= 4 is 39.9 Å². The zero-order valence-corrected chi connectivity index (χ0v) is 23.9. The van der Waals surface area contributed by atoms with Gasteiger partial charge in [-0.25, -0.2) is 14.8 Å². The van der Waals surface area contributed by atoms with Crippen molar-refractivity contribution in [3.8, 4) is 11.3 Å². The van der Waals surface area contributed by atoms with Crippen LogP contribution in [0.3, 0.4) is 0 Å². The number of anilines is 3. The molecule has 0 spiro atoms. The molecule has 2 aromatic heterocycles. The van der Waals surface area contributed by atoms with Crippen LogP contribution in [0.1, 0.15) is 29.8 Å². The van der Waals surface area contributed by atoms with Crippen molar-refractivity contribution in [3.63, 3.8) is 0 Å². The summed E-state index contributed by atoms with van der Waals surface area (Å²) in [5.41, 5.74) is 4.61. The van der Waals surface area contributed by atoms with E-state index in [1.807, 2.05) is 87.7 Å². The average Bonchev–Trinajstić information content (AvgIpc) is 3.24. The van der Waals surface area contributed by atoms with E-state index in [-0.39, 0.29) is 22.7 Å². The molecule has 2 aromatic carbocycles. The summed E-state index contributed by atoms with van der Waals surface area (Å²) >= 11 is 0. The van der Waals surface area contributed by atoms with Crippen LogP contribution in [-0.4, -0.2) is 70.7 Å². The van der Waals surface area contributed by atoms with E-state index >= 15 is 0 Å². The van der Waals surface area contributed by atoms with E-state index in [0.29, 0.717) is 35.1 Å². The largest absolute Gasteiger partial charge is 0.459 e. The number of nitro benzene ring substituents is 1. The van der Waals surface area contributed by atoms with Gasteiger partial charge in [-0.1, -0.05) is 12.1 Å². The Kier molecular flexibility index (Phi) is 8.34. The first kappa shape index (κ1) is 28.5. The van der Waals surface area contributed by atoms with Crippen LogP contribution < -0.4 is 10.2 Å². The molecule has 4 rings (SSSR count). The zero-order valence-electron chi connectivity index (χ0n) is 23.9.